The second-order valence-electron chi connectivity index (χ2n) is 6.09. The average molecular weight is 304 g/mol. The van der Waals surface area contributed by atoms with Crippen LogP contribution in [0.1, 0.15) is 26.3 Å². The van der Waals surface area contributed by atoms with Gasteiger partial charge < -0.3 is 20.5 Å². The fraction of sp³-hybridized carbons (Fsp3) is 0.471. The van der Waals surface area contributed by atoms with Crippen LogP contribution in [0.25, 0.3) is 6.08 Å². The van der Waals surface area contributed by atoms with Gasteiger partial charge in [-0.2, -0.15) is 0 Å². The maximum Gasteiger partial charge on any atom is 0.251 e. The van der Waals surface area contributed by atoms with Crippen LogP contribution in [0, 0.1) is 5.92 Å². The fourth-order valence-electron chi connectivity index (χ4n) is 2.18. The van der Waals surface area contributed by atoms with Gasteiger partial charge in [0.25, 0.3) is 5.91 Å². The summed E-state index contributed by atoms with van der Waals surface area (Å²) in [5.74, 6) is 1.58. The number of fused-ring (bicyclic) bond motifs is 1. The smallest absolute Gasteiger partial charge is 0.251 e. The summed E-state index contributed by atoms with van der Waals surface area (Å²) in [4.78, 5) is 12.5. The molecule has 1 atom stereocenters. The third kappa shape index (κ3) is 3.25. The summed E-state index contributed by atoms with van der Waals surface area (Å²) >= 11 is 0. The highest BCUT2D eigenvalue weighted by Gasteiger charge is 2.30. The number of amides is 1. The maximum atomic E-state index is 12.5. The second-order valence-corrected chi connectivity index (χ2v) is 6.09. The number of carbonyl (C=O) groups excluding carboxylic acids is 1. The lowest BCUT2D eigenvalue weighted by molar-refractivity contribution is -0.119. The van der Waals surface area contributed by atoms with Crippen LogP contribution in [0.5, 0.6) is 11.5 Å². The minimum atomic E-state index is -0.438. The van der Waals surface area contributed by atoms with E-state index >= 15 is 0 Å². The monoisotopic (exact) mass is 304 g/mol. The van der Waals surface area contributed by atoms with E-state index in [0.717, 1.165) is 17.1 Å². The molecular formula is C17H24N2O3. The van der Waals surface area contributed by atoms with Crippen molar-refractivity contribution in [2.75, 3.05) is 20.3 Å². The number of ether oxygens (including phenoxy) is 2. The third-order valence-electron chi connectivity index (χ3n) is 4.32. The summed E-state index contributed by atoms with van der Waals surface area (Å²) in [7, 11) is 1.61. The molecule has 0 fully saturated rings. The van der Waals surface area contributed by atoms with Crippen LogP contribution in [-0.2, 0) is 4.79 Å². The molecule has 1 aliphatic rings. The molecule has 1 aromatic rings. The Morgan fingerprint density at radius 2 is 2.23 bits per heavy atom. The molecule has 0 saturated heterocycles. The number of rotatable bonds is 5. The van der Waals surface area contributed by atoms with Crippen LogP contribution in [0.15, 0.2) is 23.8 Å². The van der Waals surface area contributed by atoms with Gasteiger partial charge in [-0.15, -0.1) is 0 Å². The van der Waals surface area contributed by atoms with Gasteiger partial charge in [-0.05, 0) is 37.1 Å². The maximum absolute atomic E-state index is 12.5. The molecule has 5 nitrogen and oxygen atoms in total. The Balaban J connectivity index is 2.22. The van der Waals surface area contributed by atoms with Gasteiger partial charge in [0.2, 0.25) is 0 Å². The van der Waals surface area contributed by atoms with Crippen LogP contribution < -0.4 is 20.5 Å². The van der Waals surface area contributed by atoms with E-state index < -0.39 is 5.54 Å². The molecule has 22 heavy (non-hydrogen) atoms. The van der Waals surface area contributed by atoms with Gasteiger partial charge >= 0.3 is 0 Å². The Bertz CT molecular complexity index is 596. The van der Waals surface area contributed by atoms with Crippen molar-refractivity contribution in [2.45, 2.75) is 26.3 Å². The molecule has 0 radical (unpaired) electrons. The molecule has 5 heteroatoms. The van der Waals surface area contributed by atoms with E-state index in [2.05, 4.69) is 5.32 Å². The van der Waals surface area contributed by atoms with E-state index in [4.69, 9.17) is 15.2 Å². The summed E-state index contributed by atoms with van der Waals surface area (Å²) in [5.41, 5.74) is 6.81. The van der Waals surface area contributed by atoms with Crippen molar-refractivity contribution in [2.24, 2.45) is 11.7 Å². The molecule has 0 saturated carbocycles. The molecule has 1 heterocycles. The van der Waals surface area contributed by atoms with Crippen LogP contribution >= 0.6 is 0 Å². The first-order chi connectivity index (χ1) is 10.4. The lowest BCUT2D eigenvalue weighted by atomic mass is 9.88. The van der Waals surface area contributed by atoms with Crippen LogP contribution in [0.3, 0.4) is 0 Å². The van der Waals surface area contributed by atoms with Crippen molar-refractivity contribution in [3.63, 3.8) is 0 Å². The van der Waals surface area contributed by atoms with Crippen molar-refractivity contribution in [3.05, 3.63) is 29.3 Å². The van der Waals surface area contributed by atoms with Gasteiger partial charge in [0, 0.05) is 12.1 Å². The highest BCUT2D eigenvalue weighted by atomic mass is 16.5. The lowest BCUT2D eigenvalue weighted by Crippen LogP contribution is -2.55. The molecule has 0 aliphatic carbocycles. The van der Waals surface area contributed by atoms with Crippen LogP contribution in [-0.4, -0.2) is 31.7 Å². The number of benzene rings is 1. The second kappa shape index (κ2) is 6.40. The highest BCUT2D eigenvalue weighted by Crippen LogP contribution is 2.30. The zero-order chi connectivity index (χ0) is 16.3. The molecular weight excluding hydrogens is 280 g/mol. The zero-order valence-electron chi connectivity index (χ0n) is 13.6. The predicted molar refractivity (Wildman–Crippen MR) is 86.9 cm³/mol. The van der Waals surface area contributed by atoms with Crippen molar-refractivity contribution in [1.29, 1.82) is 0 Å². The Morgan fingerprint density at radius 3 is 2.82 bits per heavy atom. The molecule has 3 N–H and O–H groups in total. The molecule has 0 spiro atoms. The van der Waals surface area contributed by atoms with Gasteiger partial charge in [-0.1, -0.05) is 13.8 Å². The highest BCUT2D eigenvalue weighted by molar-refractivity contribution is 5.99. The molecule has 120 valence electrons. The largest absolute Gasteiger partial charge is 0.497 e. The Morgan fingerprint density at radius 1 is 1.50 bits per heavy atom. The molecule has 2 rings (SSSR count). The van der Waals surface area contributed by atoms with Crippen molar-refractivity contribution in [1.82, 2.24) is 5.32 Å². The summed E-state index contributed by atoms with van der Waals surface area (Å²) in [6.07, 6.45) is 1.84. The molecule has 1 aromatic carbocycles. The number of carbonyl (C=O) groups is 1. The Hall–Kier alpha value is -2.01. The first kappa shape index (κ1) is 16.4. The number of methoxy groups -OCH3 is 1. The fourth-order valence-corrected chi connectivity index (χ4v) is 2.18. The summed E-state index contributed by atoms with van der Waals surface area (Å²) in [5, 5.41) is 3.03. The SMILES string of the molecule is COc1ccc2c(c1)C=C(C(=O)NC(C)(CN)C(C)C)CO2. The van der Waals surface area contributed by atoms with Crippen molar-refractivity contribution in [3.8, 4) is 11.5 Å². The molecule has 1 aliphatic heterocycles. The van der Waals surface area contributed by atoms with E-state index in [-0.39, 0.29) is 18.4 Å². The lowest BCUT2D eigenvalue weighted by Gasteiger charge is -2.34. The van der Waals surface area contributed by atoms with E-state index in [1.807, 2.05) is 45.0 Å². The van der Waals surface area contributed by atoms with E-state index in [1.54, 1.807) is 7.11 Å². The summed E-state index contributed by atoms with van der Waals surface area (Å²) < 4.78 is 10.9. The number of nitrogens with two attached hydrogens (primary N) is 1. The van der Waals surface area contributed by atoms with Gasteiger partial charge in [0.1, 0.15) is 18.1 Å². The van der Waals surface area contributed by atoms with Gasteiger partial charge in [0.05, 0.1) is 18.2 Å². The van der Waals surface area contributed by atoms with Gasteiger partial charge in [-0.3, -0.25) is 4.79 Å². The number of hydrogen-bond acceptors (Lipinski definition) is 4. The van der Waals surface area contributed by atoms with Gasteiger partial charge in [0.15, 0.2) is 0 Å². The van der Waals surface area contributed by atoms with Crippen molar-refractivity contribution < 1.29 is 14.3 Å². The quantitative estimate of drug-likeness (QED) is 0.872. The average Bonchev–Trinajstić information content (AvgIpc) is 2.53. The van der Waals surface area contributed by atoms with E-state index in [1.165, 1.54) is 0 Å². The Kier molecular flexibility index (Phi) is 4.76. The van der Waals surface area contributed by atoms with Crippen LogP contribution in [0.4, 0.5) is 0 Å². The molecule has 1 amide bonds. The van der Waals surface area contributed by atoms with E-state index in [0.29, 0.717) is 12.1 Å². The zero-order valence-corrected chi connectivity index (χ0v) is 13.6. The third-order valence-corrected chi connectivity index (χ3v) is 4.32. The minimum Gasteiger partial charge on any atom is -0.497 e. The van der Waals surface area contributed by atoms with Crippen molar-refractivity contribution >= 4 is 12.0 Å². The summed E-state index contributed by atoms with van der Waals surface area (Å²) in [6, 6.07) is 5.53. The first-order valence-electron chi connectivity index (χ1n) is 7.43. The molecule has 0 bridgehead atoms. The summed E-state index contributed by atoms with van der Waals surface area (Å²) in [6.45, 7) is 6.67. The molecule has 1 unspecified atom stereocenters. The topological polar surface area (TPSA) is 73.6 Å². The van der Waals surface area contributed by atoms with E-state index in [9.17, 15) is 4.79 Å². The standard InChI is InChI=1S/C17H24N2O3/c1-11(2)17(3,10-18)19-16(20)13-7-12-8-14(21-4)5-6-15(12)22-9-13/h5-8,11H,9-10,18H2,1-4H3,(H,19,20). The van der Waals surface area contributed by atoms with Crippen LogP contribution in [0.2, 0.25) is 0 Å². The van der Waals surface area contributed by atoms with Gasteiger partial charge in [-0.25, -0.2) is 0 Å². The normalized spacial score (nSPS) is 16.2. The minimum absolute atomic E-state index is 0.143. The number of nitrogens with one attached hydrogen (secondary N) is 1. The first-order valence-corrected chi connectivity index (χ1v) is 7.43. The molecule has 0 aromatic heterocycles. The number of hydrogen-bond donors (Lipinski definition) is 2. The predicted octanol–water partition coefficient (Wildman–Crippen LogP) is 1.96. The Labute approximate surface area is 131 Å².